The summed E-state index contributed by atoms with van der Waals surface area (Å²) in [5.74, 6) is 0.365. The predicted molar refractivity (Wildman–Crippen MR) is 54.8 cm³/mol. The number of hydrogen-bond acceptors (Lipinski definition) is 3. The van der Waals surface area contributed by atoms with E-state index in [0.29, 0.717) is 5.92 Å². The maximum Gasteiger partial charge on any atom is 0.0845 e. The van der Waals surface area contributed by atoms with Gasteiger partial charge in [-0.25, -0.2) is 0 Å². The molecule has 0 saturated carbocycles. The monoisotopic (exact) mass is 192 g/mol. The Hall–Kier alpha value is -0.930. The predicted octanol–water partition coefficient (Wildman–Crippen LogP) is 1.07. The SMILES string of the molecule is CN1CC[C@@H]([C@H](O)c2cccnc2)C1. The van der Waals surface area contributed by atoms with Gasteiger partial charge in [-0.2, -0.15) is 0 Å². The second-order valence-corrected chi connectivity index (χ2v) is 4.04. The van der Waals surface area contributed by atoms with Crippen LogP contribution in [0.1, 0.15) is 18.1 Å². The molecule has 2 rings (SSSR count). The van der Waals surface area contributed by atoms with E-state index in [4.69, 9.17) is 0 Å². The van der Waals surface area contributed by atoms with Crippen LogP contribution in [0.25, 0.3) is 0 Å². The van der Waals surface area contributed by atoms with Crippen LogP contribution in [-0.4, -0.2) is 35.1 Å². The molecule has 0 aromatic carbocycles. The molecule has 0 aliphatic carbocycles. The zero-order chi connectivity index (χ0) is 9.97. The fourth-order valence-electron chi connectivity index (χ4n) is 2.05. The molecule has 3 heteroatoms. The largest absolute Gasteiger partial charge is 0.388 e. The maximum absolute atomic E-state index is 10.1. The summed E-state index contributed by atoms with van der Waals surface area (Å²) in [6, 6.07) is 3.81. The topological polar surface area (TPSA) is 36.4 Å². The Morgan fingerprint density at radius 1 is 1.64 bits per heavy atom. The summed E-state index contributed by atoms with van der Waals surface area (Å²) < 4.78 is 0. The standard InChI is InChI=1S/C11H16N2O/c1-13-6-4-10(8-13)11(14)9-3-2-5-12-7-9/h2-3,5,7,10-11,14H,4,6,8H2,1H3/t10-,11-/m1/s1. The fourth-order valence-corrected chi connectivity index (χ4v) is 2.05. The van der Waals surface area contributed by atoms with Gasteiger partial charge < -0.3 is 10.0 Å². The van der Waals surface area contributed by atoms with Crippen LogP contribution >= 0.6 is 0 Å². The highest BCUT2D eigenvalue weighted by atomic mass is 16.3. The average Bonchev–Trinajstić information content (AvgIpc) is 2.65. The lowest BCUT2D eigenvalue weighted by atomic mass is 9.96. The van der Waals surface area contributed by atoms with Crippen LogP contribution in [0.5, 0.6) is 0 Å². The normalized spacial score (nSPS) is 25.1. The van der Waals surface area contributed by atoms with Crippen LogP contribution in [0.2, 0.25) is 0 Å². The van der Waals surface area contributed by atoms with Crippen molar-refractivity contribution in [3.05, 3.63) is 30.1 Å². The highest BCUT2D eigenvalue weighted by molar-refractivity contribution is 5.13. The van der Waals surface area contributed by atoms with Crippen molar-refractivity contribution in [1.82, 2.24) is 9.88 Å². The van der Waals surface area contributed by atoms with Gasteiger partial charge in [0.15, 0.2) is 0 Å². The lowest BCUT2D eigenvalue weighted by molar-refractivity contribution is 0.112. The van der Waals surface area contributed by atoms with Gasteiger partial charge in [0.1, 0.15) is 0 Å². The lowest BCUT2D eigenvalue weighted by Gasteiger charge is -2.17. The number of aliphatic hydroxyl groups is 1. The molecule has 0 amide bonds. The number of nitrogens with zero attached hydrogens (tertiary/aromatic N) is 2. The van der Waals surface area contributed by atoms with E-state index in [1.807, 2.05) is 12.1 Å². The molecule has 2 heterocycles. The Morgan fingerprint density at radius 3 is 3.07 bits per heavy atom. The van der Waals surface area contributed by atoms with Crippen molar-refractivity contribution >= 4 is 0 Å². The van der Waals surface area contributed by atoms with E-state index in [1.54, 1.807) is 12.4 Å². The zero-order valence-electron chi connectivity index (χ0n) is 8.43. The van der Waals surface area contributed by atoms with Crippen LogP contribution in [-0.2, 0) is 0 Å². The molecule has 1 aliphatic heterocycles. The highest BCUT2D eigenvalue weighted by Gasteiger charge is 2.27. The van der Waals surface area contributed by atoms with Gasteiger partial charge >= 0.3 is 0 Å². The quantitative estimate of drug-likeness (QED) is 0.761. The Labute approximate surface area is 84.4 Å². The van der Waals surface area contributed by atoms with Gasteiger partial charge in [0.05, 0.1) is 6.10 Å². The van der Waals surface area contributed by atoms with E-state index >= 15 is 0 Å². The molecule has 2 atom stereocenters. The summed E-state index contributed by atoms with van der Waals surface area (Å²) in [7, 11) is 2.09. The molecule has 1 aliphatic rings. The van der Waals surface area contributed by atoms with Gasteiger partial charge in [0.2, 0.25) is 0 Å². The third-order valence-corrected chi connectivity index (χ3v) is 2.90. The summed E-state index contributed by atoms with van der Waals surface area (Å²) in [5, 5.41) is 10.1. The van der Waals surface area contributed by atoms with Crippen molar-refractivity contribution in [3.63, 3.8) is 0 Å². The summed E-state index contributed by atoms with van der Waals surface area (Å²) in [4.78, 5) is 6.28. The van der Waals surface area contributed by atoms with E-state index in [1.165, 1.54) is 0 Å². The van der Waals surface area contributed by atoms with Gasteiger partial charge in [-0.1, -0.05) is 6.07 Å². The van der Waals surface area contributed by atoms with E-state index < -0.39 is 0 Å². The van der Waals surface area contributed by atoms with E-state index in [2.05, 4.69) is 16.9 Å². The maximum atomic E-state index is 10.1. The first-order valence-corrected chi connectivity index (χ1v) is 5.04. The van der Waals surface area contributed by atoms with E-state index in [0.717, 1.165) is 25.1 Å². The molecule has 1 fully saturated rings. The molecule has 14 heavy (non-hydrogen) atoms. The molecule has 1 saturated heterocycles. The molecule has 0 radical (unpaired) electrons. The second-order valence-electron chi connectivity index (χ2n) is 4.04. The summed E-state index contributed by atoms with van der Waals surface area (Å²) in [5.41, 5.74) is 0.938. The number of rotatable bonds is 2. The molecule has 1 aromatic rings. The molecule has 0 bridgehead atoms. The third kappa shape index (κ3) is 1.94. The van der Waals surface area contributed by atoms with Crippen LogP contribution in [0.4, 0.5) is 0 Å². The number of likely N-dealkylation sites (tertiary alicyclic amines) is 1. The molecule has 76 valence electrons. The fraction of sp³-hybridized carbons (Fsp3) is 0.545. The number of aliphatic hydroxyl groups excluding tert-OH is 1. The minimum Gasteiger partial charge on any atom is -0.388 e. The van der Waals surface area contributed by atoms with Crippen molar-refractivity contribution in [1.29, 1.82) is 0 Å². The van der Waals surface area contributed by atoms with Crippen LogP contribution in [0.3, 0.4) is 0 Å². The summed E-state index contributed by atoms with van der Waals surface area (Å²) in [6.45, 7) is 2.07. The van der Waals surface area contributed by atoms with E-state index in [-0.39, 0.29) is 6.10 Å². The van der Waals surface area contributed by atoms with E-state index in [9.17, 15) is 5.11 Å². The smallest absolute Gasteiger partial charge is 0.0845 e. The molecular weight excluding hydrogens is 176 g/mol. The first-order valence-electron chi connectivity index (χ1n) is 5.04. The molecule has 3 nitrogen and oxygen atoms in total. The molecule has 0 spiro atoms. The Kier molecular flexibility index (Phi) is 2.79. The minimum atomic E-state index is -0.353. The Balaban J connectivity index is 2.05. The molecule has 1 N–H and O–H groups in total. The number of pyridine rings is 1. The Morgan fingerprint density at radius 2 is 2.50 bits per heavy atom. The average molecular weight is 192 g/mol. The van der Waals surface area contributed by atoms with Gasteiger partial charge in [-0.3, -0.25) is 4.98 Å². The van der Waals surface area contributed by atoms with Crippen molar-refractivity contribution in [2.75, 3.05) is 20.1 Å². The molecular formula is C11H16N2O. The van der Waals surface area contributed by atoms with Crippen molar-refractivity contribution in [2.24, 2.45) is 5.92 Å². The van der Waals surface area contributed by atoms with Gasteiger partial charge in [-0.05, 0) is 31.6 Å². The van der Waals surface area contributed by atoms with Crippen molar-refractivity contribution in [3.8, 4) is 0 Å². The first-order chi connectivity index (χ1) is 6.77. The molecule has 0 unspecified atom stereocenters. The van der Waals surface area contributed by atoms with Crippen LogP contribution < -0.4 is 0 Å². The third-order valence-electron chi connectivity index (χ3n) is 2.90. The number of hydrogen-bond donors (Lipinski definition) is 1. The first kappa shape index (κ1) is 9.62. The zero-order valence-corrected chi connectivity index (χ0v) is 8.43. The minimum absolute atomic E-state index is 0.353. The summed E-state index contributed by atoms with van der Waals surface area (Å²) in [6.07, 6.45) is 4.21. The highest BCUT2D eigenvalue weighted by Crippen LogP contribution is 2.28. The van der Waals surface area contributed by atoms with Gasteiger partial charge in [-0.15, -0.1) is 0 Å². The molecule has 1 aromatic heterocycles. The van der Waals surface area contributed by atoms with Crippen LogP contribution in [0, 0.1) is 5.92 Å². The second kappa shape index (κ2) is 4.07. The Bertz CT molecular complexity index is 289. The van der Waals surface area contributed by atoms with Crippen molar-refractivity contribution < 1.29 is 5.11 Å². The number of aromatic nitrogens is 1. The lowest BCUT2D eigenvalue weighted by Crippen LogP contribution is -2.18. The van der Waals surface area contributed by atoms with Gasteiger partial charge in [0, 0.05) is 24.9 Å². The van der Waals surface area contributed by atoms with Crippen LogP contribution in [0.15, 0.2) is 24.5 Å². The summed E-state index contributed by atoms with van der Waals surface area (Å²) >= 11 is 0. The van der Waals surface area contributed by atoms with Crippen molar-refractivity contribution in [2.45, 2.75) is 12.5 Å². The van der Waals surface area contributed by atoms with Gasteiger partial charge in [0.25, 0.3) is 0 Å².